The van der Waals surface area contributed by atoms with Gasteiger partial charge < -0.3 is 0 Å². The van der Waals surface area contributed by atoms with Crippen molar-refractivity contribution in [1.29, 1.82) is 0 Å². The zero-order valence-electron chi connectivity index (χ0n) is 14.4. The topological polar surface area (TPSA) is 0 Å². The summed E-state index contributed by atoms with van der Waals surface area (Å²) in [6.07, 6.45) is 0. The second-order valence-corrected chi connectivity index (χ2v) is 6.12. The van der Waals surface area contributed by atoms with Crippen molar-refractivity contribution in [3.63, 3.8) is 0 Å². The van der Waals surface area contributed by atoms with Gasteiger partial charge >= 0.3 is 0 Å². The molecular weight excluding hydrogens is 244 g/mol. The largest absolute Gasteiger partial charge is 0.139 e. The highest BCUT2D eigenvalue weighted by Gasteiger charge is 2.13. The predicted octanol–water partition coefficient (Wildman–Crippen LogP) is -6.93. The third kappa shape index (κ3) is 2.84. The molecule has 0 aliphatic carbocycles. The number of hydrogen-bond donors (Lipinski definition) is 0. The lowest BCUT2D eigenvalue weighted by atomic mass is 9.57. The van der Waals surface area contributed by atoms with Crippen molar-refractivity contribution in [3.05, 3.63) is 41.5 Å². The highest BCUT2D eigenvalue weighted by Crippen LogP contribution is 2.18. The summed E-state index contributed by atoms with van der Waals surface area (Å²) >= 11 is 0. The summed E-state index contributed by atoms with van der Waals surface area (Å²) < 4.78 is 0. The summed E-state index contributed by atoms with van der Waals surface area (Å²) in [5.41, 5.74) is 12.6. The number of hydrogen-bond acceptors (Lipinski definition) is 0. The van der Waals surface area contributed by atoms with E-state index in [4.69, 9.17) is 0 Å². The van der Waals surface area contributed by atoms with Crippen molar-refractivity contribution in [1.82, 2.24) is 0 Å². The van der Waals surface area contributed by atoms with Crippen LogP contribution in [0.1, 0.15) is 11.1 Å². The molecule has 0 bridgehead atoms. The zero-order valence-corrected chi connectivity index (χ0v) is 14.4. The van der Waals surface area contributed by atoms with Crippen LogP contribution >= 0.6 is 0 Å². The summed E-state index contributed by atoms with van der Waals surface area (Å²) in [7, 11) is 15.7. The maximum absolute atomic E-state index is 2.26. The lowest BCUT2D eigenvalue weighted by molar-refractivity contribution is 1.65. The maximum atomic E-state index is 2.26. The van der Waals surface area contributed by atoms with E-state index in [1.165, 1.54) is 49.4 Å². The zero-order chi connectivity index (χ0) is 15.7. The molecule has 0 N–H and O–H groups in total. The molecule has 2 rings (SSSR count). The van der Waals surface area contributed by atoms with Crippen LogP contribution < -0.4 is 27.3 Å². The minimum atomic E-state index is 1.31. The Morgan fingerprint density at radius 2 is 1.00 bits per heavy atom. The smallest absolute Gasteiger partial charge is 0.102 e. The fraction of sp³-hybridized carbons (Fsp3) is 0. The molecule has 0 spiro atoms. The van der Waals surface area contributed by atoms with Crippen molar-refractivity contribution < 1.29 is 0 Å². The van der Waals surface area contributed by atoms with Crippen LogP contribution in [0.2, 0.25) is 0 Å². The first-order chi connectivity index (χ1) is 9.86. The monoisotopic (exact) mass is 264 g/mol. The Labute approximate surface area is 135 Å². The maximum Gasteiger partial charge on any atom is 0.139 e. The highest BCUT2D eigenvalue weighted by atomic mass is 14.1. The van der Waals surface area contributed by atoms with Gasteiger partial charge in [-0.15, -0.1) is 16.4 Å². The van der Waals surface area contributed by atoms with E-state index in [1.54, 1.807) is 0 Å². The first kappa shape index (κ1) is 16.0. The fourth-order valence-electron chi connectivity index (χ4n) is 3.15. The summed E-state index contributed by atoms with van der Waals surface area (Å²) in [6, 6.07) is 10.7. The van der Waals surface area contributed by atoms with Gasteiger partial charge in [-0.2, -0.15) is 0 Å². The molecule has 0 radical (unpaired) electrons. The third-order valence-corrected chi connectivity index (χ3v) is 5.14. The van der Waals surface area contributed by atoms with Gasteiger partial charge in [-0.25, -0.2) is 0 Å². The summed E-state index contributed by atoms with van der Waals surface area (Å²) in [4.78, 5) is 0. The lowest BCUT2D eigenvalue weighted by Gasteiger charge is -2.22. The van der Waals surface area contributed by atoms with Crippen LogP contribution in [0, 0.1) is 0 Å². The van der Waals surface area contributed by atoms with Gasteiger partial charge in [0, 0.05) is 0 Å². The van der Waals surface area contributed by atoms with Crippen molar-refractivity contribution in [3.8, 4) is 0 Å². The molecule has 0 fully saturated rings. The van der Waals surface area contributed by atoms with Crippen LogP contribution in [0.5, 0.6) is 0 Å². The average Bonchev–Trinajstić information content (AvgIpc) is 2.51. The van der Waals surface area contributed by atoms with E-state index >= 15 is 0 Å². The molecule has 0 aromatic heterocycles. The van der Waals surface area contributed by atoms with Crippen LogP contribution in [-0.2, 0) is 0 Å². The minimum Gasteiger partial charge on any atom is -0.102 e. The van der Waals surface area contributed by atoms with Crippen LogP contribution in [0.25, 0.3) is 10.9 Å². The molecule has 2 aromatic carbocycles. The van der Waals surface area contributed by atoms with Crippen molar-refractivity contribution in [2.24, 2.45) is 0 Å². The van der Waals surface area contributed by atoms with Crippen molar-refractivity contribution in [2.45, 2.75) is 0 Å². The molecule has 0 aliphatic rings. The first-order valence-electron chi connectivity index (χ1n) is 7.66. The molecule has 0 aliphatic heterocycles. The van der Waals surface area contributed by atoms with Gasteiger partial charge in [0.25, 0.3) is 0 Å². The first-order valence-corrected chi connectivity index (χ1v) is 7.66. The summed E-state index contributed by atoms with van der Waals surface area (Å²) in [6.45, 7) is 0. The number of rotatable bonds is 2. The Hall–Kier alpha value is -1.37. The van der Waals surface area contributed by atoms with Crippen molar-refractivity contribution >= 4 is 93.2 Å². The second kappa shape index (κ2) is 6.17. The van der Waals surface area contributed by atoms with Gasteiger partial charge in [-0.3, -0.25) is 0 Å². The average molecular weight is 263 g/mol. The Bertz CT molecular complexity index is 691. The van der Waals surface area contributed by atoms with Crippen LogP contribution in [0.15, 0.2) is 30.3 Å². The van der Waals surface area contributed by atoms with Gasteiger partial charge in [-0.1, -0.05) is 52.2 Å². The Morgan fingerprint density at radius 1 is 0.571 bits per heavy atom. The molecule has 2 aromatic rings. The third-order valence-electron chi connectivity index (χ3n) is 5.14. The van der Waals surface area contributed by atoms with Gasteiger partial charge in [-0.05, 0) is 11.1 Å². The molecule has 0 saturated heterocycles. The quantitative estimate of drug-likeness (QED) is 0.373. The Morgan fingerprint density at radius 3 is 1.48 bits per heavy atom. The van der Waals surface area contributed by atoms with Crippen LogP contribution in [-0.4, -0.2) is 54.9 Å². The molecular formula is C14H19B7. The number of benzene rings is 2. The molecule has 21 heavy (non-hydrogen) atoms. The van der Waals surface area contributed by atoms with E-state index in [0.29, 0.717) is 0 Å². The summed E-state index contributed by atoms with van der Waals surface area (Å²) in [5.74, 6) is 0. The molecule has 0 unspecified atom stereocenters. The van der Waals surface area contributed by atoms with E-state index in [2.05, 4.69) is 85.3 Å². The van der Waals surface area contributed by atoms with E-state index in [-0.39, 0.29) is 0 Å². The second-order valence-electron chi connectivity index (χ2n) is 6.12. The predicted molar refractivity (Wildman–Crippen MR) is 118 cm³/mol. The normalized spacial score (nSPS) is 12.0. The van der Waals surface area contributed by atoms with E-state index in [9.17, 15) is 0 Å². The van der Waals surface area contributed by atoms with E-state index < -0.39 is 0 Å². The standard InChI is InChI=1S/C14H19B7/c15-8(6-4-2-1-3-5-6)9(16)7-10(17)12(19)14(21)13(20)11(7)18/h1-5H,15-21H2/b9-8-. The van der Waals surface area contributed by atoms with E-state index in [1.807, 2.05) is 0 Å². The Balaban J connectivity index is 2.73. The van der Waals surface area contributed by atoms with Gasteiger partial charge in [0.1, 0.15) is 54.9 Å². The highest BCUT2D eigenvalue weighted by molar-refractivity contribution is 6.70. The molecule has 0 saturated carbocycles. The Kier molecular flexibility index (Phi) is 4.71. The fourth-order valence-corrected chi connectivity index (χ4v) is 3.15. The molecule has 0 atom stereocenters. The van der Waals surface area contributed by atoms with Gasteiger partial charge in [0.05, 0.1) is 0 Å². The summed E-state index contributed by atoms with van der Waals surface area (Å²) in [5, 5.41) is 0. The van der Waals surface area contributed by atoms with Crippen molar-refractivity contribution in [2.75, 3.05) is 0 Å². The molecule has 7 heteroatoms. The minimum absolute atomic E-state index is 1.31. The molecule has 0 amide bonds. The van der Waals surface area contributed by atoms with Crippen LogP contribution in [0.4, 0.5) is 0 Å². The lowest BCUT2D eigenvalue weighted by Crippen LogP contribution is -2.56. The van der Waals surface area contributed by atoms with Gasteiger partial charge in [0.15, 0.2) is 0 Å². The van der Waals surface area contributed by atoms with Crippen LogP contribution in [0.3, 0.4) is 0 Å². The van der Waals surface area contributed by atoms with Gasteiger partial charge in [0.2, 0.25) is 0 Å². The van der Waals surface area contributed by atoms with E-state index in [0.717, 1.165) is 0 Å². The molecule has 96 valence electrons. The SMILES string of the molecule is B/C(=C(\B)c1c(B)c(B)c(B)c(B)c1B)c1ccccc1. The molecule has 0 heterocycles. The molecule has 0 nitrogen and oxygen atoms in total.